The Balaban J connectivity index is 1.79. The second-order valence-electron chi connectivity index (χ2n) is 5.32. The molecule has 0 saturated heterocycles. The van der Waals surface area contributed by atoms with E-state index in [0.717, 1.165) is 16.5 Å². The minimum absolute atomic E-state index is 0.0461. The molecule has 0 radical (unpaired) electrons. The number of rotatable bonds is 3. The zero-order chi connectivity index (χ0) is 14.8. The van der Waals surface area contributed by atoms with Crippen LogP contribution in [0.3, 0.4) is 0 Å². The van der Waals surface area contributed by atoms with Crippen LogP contribution in [0.1, 0.15) is 21.6 Å². The minimum atomic E-state index is -0.0461. The van der Waals surface area contributed by atoms with Crippen LogP contribution in [0.25, 0.3) is 10.9 Å². The first kappa shape index (κ1) is 13.4. The van der Waals surface area contributed by atoms with Gasteiger partial charge in [0.25, 0.3) is 5.91 Å². The van der Waals surface area contributed by atoms with Gasteiger partial charge in [-0.05, 0) is 24.6 Å². The van der Waals surface area contributed by atoms with Crippen LogP contribution in [0, 0.1) is 6.92 Å². The molecule has 0 bridgehead atoms. The van der Waals surface area contributed by atoms with Crippen molar-refractivity contribution >= 4 is 16.8 Å². The van der Waals surface area contributed by atoms with Gasteiger partial charge in [-0.25, -0.2) is 0 Å². The first-order valence-electron chi connectivity index (χ1n) is 7.03. The van der Waals surface area contributed by atoms with Crippen LogP contribution in [-0.4, -0.2) is 10.5 Å². The Bertz CT molecular complexity index is 802. The fourth-order valence-corrected chi connectivity index (χ4v) is 2.60. The van der Waals surface area contributed by atoms with Gasteiger partial charge in [-0.2, -0.15) is 0 Å². The monoisotopic (exact) mass is 278 g/mol. The molecule has 0 atom stereocenters. The van der Waals surface area contributed by atoms with Crippen molar-refractivity contribution < 1.29 is 4.79 Å². The van der Waals surface area contributed by atoms with E-state index in [9.17, 15) is 4.79 Å². The molecule has 1 heterocycles. The number of para-hydroxylation sites is 1. The molecule has 0 spiro atoms. The number of amides is 1. The van der Waals surface area contributed by atoms with Gasteiger partial charge in [0.05, 0.1) is 0 Å². The van der Waals surface area contributed by atoms with Crippen LogP contribution >= 0.6 is 0 Å². The van der Waals surface area contributed by atoms with Gasteiger partial charge in [0.15, 0.2) is 0 Å². The molecule has 106 valence electrons. The van der Waals surface area contributed by atoms with Crippen LogP contribution in [-0.2, 0) is 13.6 Å². The molecule has 0 saturated carbocycles. The number of carbonyl (C=O) groups excluding carboxylic acids is 1. The molecule has 1 aromatic heterocycles. The second-order valence-corrected chi connectivity index (χ2v) is 5.32. The number of nitrogens with zero attached hydrogens (tertiary/aromatic N) is 1. The van der Waals surface area contributed by atoms with E-state index in [-0.39, 0.29) is 5.91 Å². The molecule has 2 aromatic carbocycles. The summed E-state index contributed by atoms with van der Waals surface area (Å²) >= 11 is 0. The van der Waals surface area contributed by atoms with Gasteiger partial charge in [-0.1, -0.05) is 48.0 Å². The molecule has 0 aliphatic carbocycles. The lowest BCUT2D eigenvalue weighted by Gasteiger charge is -2.07. The highest BCUT2D eigenvalue weighted by Gasteiger charge is 2.12. The lowest BCUT2D eigenvalue weighted by molar-refractivity contribution is 0.0943. The zero-order valence-electron chi connectivity index (χ0n) is 12.3. The highest BCUT2D eigenvalue weighted by Crippen LogP contribution is 2.18. The fraction of sp³-hybridized carbons (Fsp3) is 0.167. The van der Waals surface area contributed by atoms with Crippen LogP contribution in [0.15, 0.2) is 54.6 Å². The van der Waals surface area contributed by atoms with E-state index < -0.39 is 0 Å². The Morgan fingerprint density at radius 1 is 1.10 bits per heavy atom. The topological polar surface area (TPSA) is 34.0 Å². The first-order chi connectivity index (χ1) is 10.1. The van der Waals surface area contributed by atoms with E-state index in [2.05, 4.69) is 24.4 Å². The van der Waals surface area contributed by atoms with Crippen molar-refractivity contribution in [2.45, 2.75) is 13.5 Å². The van der Waals surface area contributed by atoms with Crippen molar-refractivity contribution in [1.82, 2.24) is 9.88 Å². The smallest absolute Gasteiger partial charge is 0.268 e. The quantitative estimate of drug-likeness (QED) is 0.782. The summed E-state index contributed by atoms with van der Waals surface area (Å²) in [7, 11) is 1.92. The minimum Gasteiger partial charge on any atom is -0.347 e. The van der Waals surface area contributed by atoms with Gasteiger partial charge in [-0.3, -0.25) is 4.79 Å². The number of carbonyl (C=O) groups is 1. The third-order valence-electron chi connectivity index (χ3n) is 3.72. The molecule has 0 aliphatic rings. The van der Waals surface area contributed by atoms with E-state index in [1.807, 2.05) is 54.1 Å². The van der Waals surface area contributed by atoms with E-state index in [4.69, 9.17) is 0 Å². The number of nitrogens with one attached hydrogen (secondary N) is 1. The summed E-state index contributed by atoms with van der Waals surface area (Å²) in [6.07, 6.45) is 0. The van der Waals surface area contributed by atoms with Crippen molar-refractivity contribution in [2.24, 2.45) is 7.05 Å². The molecule has 21 heavy (non-hydrogen) atoms. The van der Waals surface area contributed by atoms with E-state index in [1.165, 1.54) is 5.56 Å². The fourth-order valence-electron chi connectivity index (χ4n) is 2.60. The van der Waals surface area contributed by atoms with Crippen molar-refractivity contribution in [3.63, 3.8) is 0 Å². The summed E-state index contributed by atoms with van der Waals surface area (Å²) in [5, 5.41) is 4.07. The third-order valence-corrected chi connectivity index (χ3v) is 3.72. The molecule has 3 aromatic rings. The average Bonchev–Trinajstić information content (AvgIpc) is 2.83. The van der Waals surface area contributed by atoms with Crippen molar-refractivity contribution in [3.05, 3.63) is 71.4 Å². The highest BCUT2D eigenvalue weighted by molar-refractivity contribution is 5.98. The molecule has 0 fully saturated rings. The summed E-state index contributed by atoms with van der Waals surface area (Å²) in [4.78, 5) is 12.4. The molecule has 1 amide bonds. The molecule has 0 aliphatic heterocycles. The van der Waals surface area contributed by atoms with Crippen molar-refractivity contribution in [2.75, 3.05) is 0 Å². The third kappa shape index (κ3) is 2.68. The highest BCUT2D eigenvalue weighted by atomic mass is 16.1. The standard InChI is InChI=1S/C18H18N2O/c1-13-6-5-7-14(10-13)12-19-18(21)17-11-15-8-3-4-9-16(15)20(17)2/h3-11H,12H2,1-2H3,(H,19,21). The Kier molecular flexibility index (Phi) is 3.48. The summed E-state index contributed by atoms with van der Waals surface area (Å²) in [5.74, 6) is -0.0461. The Labute approximate surface area is 124 Å². The molecule has 0 unspecified atom stereocenters. The average molecular weight is 278 g/mol. The number of aromatic nitrogens is 1. The number of benzene rings is 2. The molecular formula is C18H18N2O. The van der Waals surface area contributed by atoms with E-state index >= 15 is 0 Å². The molecule has 3 rings (SSSR count). The summed E-state index contributed by atoms with van der Waals surface area (Å²) < 4.78 is 1.93. The number of hydrogen-bond donors (Lipinski definition) is 1. The maximum atomic E-state index is 12.4. The largest absolute Gasteiger partial charge is 0.347 e. The lowest BCUT2D eigenvalue weighted by Crippen LogP contribution is -2.24. The van der Waals surface area contributed by atoms with Crippen LogP contribution in [0.2, 0.25) is 0 Å². The molecule has 3 heteroatoms. The Morgan fingerprint density at radius 2 is 1.90 bits per heavy atom. The summed E-state index contributed by atoms with van der Waals surface area (Å²) in [6, 6.07) is 18.1. The Hall–Kier alpha value is -2.55. The maximum absolute atomic E-state index is 12.4. The maximum Gasteiger partial charge on any atom is 0.268 e. The molecular weight excluding hydrogens is 260 g/mol. The predicted molar refractivity (Wildman–Crippen MR) is 85.3 cm³/mol. The van der Waals surface area contributed by atoms with E-state index in [1.54, 1.807) is 0 Å². The van der Waals surface area contributed by atoms with Gasteiger partial charge >= 0.3 is 0 Å². The normalized spacial score (nSPS) is 10.8. The van der Waals surface area contributed by atoms with Gasteiger partial charge in [0, 0.05) is 24.5 Å². The second kappa shape index (κ2) is 5.44. The van der Waals surface area contributed by atoms with Gasteiger partial charge in [0.1, 0.15) is 5.69 Å². The molecule has 1 N–H and O–H groups in total. The SMILES string of the molecule is Cc1cccc(CNC(=O)c2cc3ccccc3n2C)c1. The lowest BCUT2D eigenvalue weighted by atomic mass is 10.1. The van der Waals surface area contributed by atoms with Gasteiger partial charge in [-0.15, -0.1) is 0 Å². The zero-order valence-corrected chi connectivity index (χ0v) is 12.3. The van der Waals surface area contributed by atoms with Crippen molar-refractivity contribution in [3.8, 4) is 0 Å². The predicted octanol–water partition coefficient (Wildman–Crippen LogP) is 3.42. The summed E-state index contributed by atoms with van der Waals surface area (Å²) in [6.45, 7) is 2.59. The molecule has 3 nitrogen and oxygen atoms in total. The van der Waals surface area contributed by atoms with E-state index in [0.29, 0.717) is 12.2 Å². The van der Waals surface area contributed by atoms with Gasteiger partial charge in [0.2, 0.25) is 0 Å². The van der Waals surface area contributed by atoms with Crippen LogP contribution in [0.4, 0.5) is 0 Å². The first-order valence-corrected chi connectivity index (χ1v) is 7.03. The number of fused-ring (bicyclic) bond motifs is 1. The van der Waals surface area contributed by atoms with Crippen LogP contribution < -0.4 is 5.32 Å². The van der Waals surface area contributed by atoms with Crippen LogP contribution in [0.5, 0.6) is 0 Å². The van der Waals surface area contributed by atoms with Crippen molar-refractivity contribution in [1.29, 1.82) is 0 Å². The number of hydrogen-bond acceptors (Lipinski definition) is 1. The van der Waals surface area contributed by atoms with Gasteiger partial charge < -0.3 is 9.88 Å². The summed E-state index contributed by atoms with van der Waals surface area (Å²) in [5.41, 5.74) is 4.07. The Morgan fingerprint density at radius 3 is 2.67 bits per heavy atom. The number of aryl methyl sites for hydroxylation is 2.